The Hall–Kier alpha value is -2.10. The number of carbonyl (C=O) groups is 1. The van der Waals surface area contributed by atoms with Crippen molar-refractivity contribution in [1.29, 1.82) is 0 Å². The Balaban J connectivity index is 1.36. The first-order valence-corrected chi connectivity index (χ1v) is 12.1. The average Bonchev–Trinajstić information content (AvgIpc) is 3.34. The van der Waals surface area contributed by atoms with Crippen LogP contribution in [0.25, 0.3) is 15.9 Å². The Kier molecular flexibility index (Phi) is 5.44. The number of carbonyl (C=O) groups excluding carboxylic acids is 1. The van der Waals surface area contributed by atoms with Crippen molar-refractivity contribution < 1.29 is 14.4 Å². The molecule has 166 valence electrons. The molecule has 0 unspecified atom stereocenters. The van der Waals surface area contributed by atoms with Crippen molar-refractivity contribution in [2.75, 3.05) is 39.4 Å². The van der Waals surface area contributed by atoms with Crippen molar-refractivity contribution in [2.45, 2.75) is 40.0 Å². The normalized spacial score (nSPS) is 20.3. The molecule has 1 aliphatic heterocycles. The van der Waals surface area contributed by atoms with E-state index in [0.29, 0.717) is 17.9 Å². The molecule has 31 heavy (non-hydrogen) atoms. The van der Waals surface area contributed by atoms with Crippen LogP contribution >= 0.6 is 11.3 Å². The van der Waals surface area contributed by atoms with Gasteiger partial charge in [0.25, 0.3) is 5.91 Å². The molecule has 3 aromatic rings. The number of fused-ring (bicyclic) bond motifs is 5. The summed E-state index contributed by atoms with van der Waals surface area (Å²) in [6, 6.07) is 0. The Morgan fingerprint density at radius 2 is 2.16 bits per heavy atom. The molecule has 0 aromatic carbocycles. The molecule has 1 atom stereocenters. The van der Waals surface area contributed by atoms with Crippen LogP contribution in [0.4, 0.5) is 0 Å². The van der Waals surface area contributed by atoms with Gasteiger partial charge >= 0.3 is 0 Å². The van der Waals surface area contributed by atoms with E-state index in [-0.39, 0.29) is 11.7 Å². The summed E-state index contributed by atoms with van der Waals surface area (Å²) in [4.78, 5) is 25.8. The first-order valence-electron chi connectivity index (χ1n) is 11.3. The highest BCUT2D eigenvalue weighted by Crippen LogP contribution is 2.43. The molecule has 1 fully saturated rings. The first kappa shape index (κ1) is 20.8. The second-order valence-electron chi connectivity index (χ2n) is 9.81. The van der Waals surface area contributed by atoms with Crippen LogP contribution in [-0.2, 0) is 17.6 Å². The van der Waals surface area contributed by atoms with Crippen molar-refractivity contribution in [3.8, 4) is 0 Å². The lowest BCUT2D eigenvalue weighted by Gasteiger charge is -2.33. The molecule has 9 heteroatoms. The highest BCUT2D eigenvalue weighted by atomic mass is 32.1. The molecule has 0 spiro atoms. The van der Waals surface area contributed by atoms with E-state index in [2.05, 4.69) is 41.2 Å². The Morgan fingerprint density at radius 3 is 2.94 bits per heavy atom. The van der Waals surface area contributed by atoms with E-state index in [1.54, 1.807) is 22.2 Å². The lowest BCUT2D eigenvalue weighted by atomic mass is 9.72. The van der Waals surface area contributed by atoms with Gasteiger partial charge in [0, 0.05) is 4.88 Å². The van der Waals surface area contributed by atoms with Gasteiger partial charge in [-0.3, -0.25) is 4.79 Å². The number of nitrogens with one attached hydrogen (secondary N) is 2. The zero-order valence-electron chi connectivity index (χ0n) is 18.5. The molecule has 5 rings (SSSR count). The summed E-state index contributed by atoms with van der Waals surface area (Å²) >= 11 is 1.78. The van der Waals surface area contributed by atoms with Crippen LogP contribution in [0.2, 0.25) is 0 Å². The summed E-state index contributed by atoms with van der Waals surface area (Å²) in [5.41, 5.74) is 2.41. The molecule has 2 N–H and O–H groups in total. The van der Waals surface area contributed by atoms with Crippen LogP contribution in [-0.4, -0.2) is 64.9 Å². The van der Waals surface area contributed by atoms with E-state index >= 15 is 0 Å². The second-order valence-corrected chi connectivity index (χ2v) is 10.9. The summed E-state index contributed by atoms with van der Waals surface area (Å²) < 4.78 is 7.04. The van der Waals surface area contributed by atoms with Crippen molar-refractivity contribution in [3.05, 3.63) is 22.6 Å². The van der Waals surface area contributed by atoms with Crippen molar-refractivity contribution in [1.82, 2.24) is 24.9 Å². The van der Waals surface area contributed by atoms with Crippen LogP contribution in [0.5, 0.6) is 0 Å². The summed E-state index contributed by atoms with van der Waals surface area (Å²) in [6.07, 6.45) is 4.99. The molecule has 2 aliphatic rings. The molecular formula is C22H31N6O2S+. The van der Waals surface area contributed by atoms with E-state index in [1.165, 1.54) is 21.8 Å². The molecule has 4 heterocycles. The monoisotopic (exact) mass is 443 g/mol. The first-order chi connectivity index (χ1) is 14.9. The van der Waals surface area contributed by atoms with Gasteiger partial charge in [0.1, 0.15) is 24.2 Å². The minimum absolute atomic E-state index is 0.217. The number of rotatable bonds is 4. The zero-order valence-corrected chi connectivity index (χ0v) is 19.3. The van der Waals surface area contributed by atoms with Gasteiger partial charge in [-0.1, -0.05) is 20.8 Å². The number of thiophene rings is 1. The predicted octanol–water partition coefficient (Wildman–Crippen LogP) is 1.13. The van der Waals surface area contributed by atoms with E-state index in [0.717, 1.165) is 61.6 Å². The number of hydrogen-bond acceptors (Lipinski definition) is 6. The molecule has 1 saturated heterocycles. The molecule has 1 amide bonds. The Bertz CT molecular complexity index is 1110. The third-order valence-electron chi connectivity index (χ3n) is 6.78. The highest BCUT2D eigenvalue weighted by Gasteiger charge is 2.32. The quantitative estimate of drug-likeness (QED) is 0.632. The minimum atomic E-state index is -0.221. The molecule has 0 bridgehead atoms. The van der Waals surface area contributed by atoms with Crippen LogP contribution in [0.3, 0.4) is 0 Å². The van der Waals surface area contributed by atoms with Crippen LogP contribution in [0.1, 0.15) is 48.3 Å². The van der Waals surface area contributed by atoms with Gasteiger partial charge in [0.05, 0.1) is 31.7 Å². The van der Waals surface area contributed by atoms with Gasteiger partial charge in [0.2, 0.25) is 5.82 Å². The maximum Gasteiger partial charge on any atom is 0.291 e. The maximum absolute atomic E-state index is 12.7. The van der Waals surface area contributed by atoms with Crippen LogP contribution in [0.15, 0.2) is 6.33 Å². The molecule has 0 radical (unpaired) electrons. The van der Waals surface area contributed by atoms with Gasteiger partial charge in [-0.05, 0) is 36.2 Å². The maximum atomic E-state index is 12.7. The highest BCUT2D eigenvalue weighted by molar-refractivity contribution is 7.19. The number of ether oxygens (including phenoxy) is 1. The summed E-state index contributed by atoms with van der Waals surface area (Å²) in [5.74, 6) is 0.674. The Morgan fingerprint density at radius 1 is 1.35 bits per heavy atom. The van der Waals surface area contributed by atoms with Crippen molar-refractivity contribution >= 4 is 33.1 Å². The largest absolute Gasteiger partial charge is 0.370 e. The van der Waals surface area contributed by atoms with Gasteiger partial charge in [-0.15, -0.1) is 16.4 Å². The summed E-state index contributed by atoms with van der Waals surface area (Å²) in [7, 11) is 0. The lowest BCUT2D eigenvalue weighted by molar-refractivity contribution is -0.906. The van der Waals surface area contributed by atoms with Gasteiger partial charge in [-0.25, -0.2) is 14.5 Å². The van der Waals surface area contributed by atoms with E-state index in [1.807, 2.05) is 0 Å². The van der Waals surface area contributed by atoms with Crippen LogP contribution in [0, 0.1) is 11.3 Å². The minimum Gasteiger partial charge on any atom is -0.370 e. The second kappa shape index (κ2) is 8.11. The summed E-state index contributed by atoms with van der Waals surface area (Å²) in [5, 5.41) is 8.48. The predicted molar refractivity (Wildman–Crippen MR) is 120 cm³/mol. The number of amides is 1. The molecule has 1 aliphatic carbocycles. The molecular weight excluding hydrogens is 412 g/mol. The standard InChI is InChI=1S/C22H30N6O2S/c1-22(2,3)14-4-5-15-16(12-14)31-21-17(15)19-25-18(26-28(19)13-24-21)20(29)23-6-7-27-8-10-30-11-9-27/h13-14H,4-12H2,1-3H3,(H,23,29)/p+1/t14-/m0/s1. The smallest absolute Gasteiger partial charge is 0.291 e. The van der Waals surface area contributed by atoms with E-state index in [4.69, 9.17) is 4.74 Å². The molecule has 3 aromatic heterocycles. The average molecular weight is 444 g/mol. The number of quaternary nitrogens is 1. The molecule has 0 saturated carbocycles. The van der Waals surface area contributed by atoms with Gasteiger partial charge in [-0.2, -0.15) is 0 Å². The fourth-order valence-corrected chi connectivity index (χ4v) is 6.01. The SMILES string of the molecule is CC(C)(C)[C@H]1CCc2c(sc3ncn4nc(C(=O)NCC[NH+]5CCOCC5)nc4c23)C1. The number of nitrogens with zero attached hydrogens (tertiary/aromatic N) is 4. The molecule has 8 nitrogen and oxygen atoms in total. The third-order valence-corrected chi connectivity index (χ3v) is 7.94. The van der Waals surface area contributed by atoms with Gasteiger partial charge in [0.15, 0.2) is 5.65 Å². The van der Waals surface area contributed by atoms with E-state index in [9.17, 15) is 4.79 Å². The Labute approximate surface area is 186 Å². The van der Waals surface area contributed by atoms with Crippen LogP contribution < -0.4 is 10.2 Å². The topological polar surface area (TPSA) is 85.9 Å². The summed E-state index contributed by atoms with van der Waals surface area (Å²) in [6.45, 7) is 12.1. The van der Waals surface area contributed by atoms with Gasteiger partial charge < -0.3 is 15.0 Å². The third kappa shape index (κ3) is 4.06. The number of morpholine rings is 1. The van der Waals surface area contributed by atoms with Crippen molar-refractivity contribution in [3.63, 3.8) is 0 Å². The van der Waals surface area contributed by atoms with E-state index < -0.39 is 0 Å². The lowest BCUT2D eigenvalue weighted by Crippen LogP contribution is -3.14. The number of aryl methyl sites for hydroxylation is 1. The van der Waals surface area contributed by atoms with Crippen molar-refractivity contribution in [2.24, 2.45) is 11.3 Å². The zero-order chi connectivity index (χ0) is 21.6. The number of hydrogen-bond donors (Lipinski definition) is 2. The fourth-order valence-electron chi connectivity index (χ4n) is 4.75. The fraction of sp³-hybridized carbons (Fsp3) is 0.636. The number of aromatic nitrogens is 4.